The molecule has 0 fully saturated rings. The van der Waals surface area contributed by atoms with Gasteiger partial charge in [0.25, 0.3) is 0 Å². The number of anilines is 1. The molecule has 0 saturated heterocycles. The normalized spacial score (nSPS) is 11.2. The molecule has 0 saturated carbocycles. The number of rotatable bonds is 30. The second-order valence-electron chi connectivity index (χ2n) is 8.48. The minimum Gasteiger partial charge on any atom is -0.460 e. The van der Waals surface area contributed by atoms with Crippen molar-refractivity contribution < 1.29 is 47.4 Å². The van der Waals surface area contributed by atoms with Crippen LogP contribution >= 0.6 is 0 Å². The standard InChI is InChI=1S/C29H51NO10/c1-3-5-10-30-28-8-6-27(7-9-28)29(31)40-26-25-39-24-23-38-22-21-37-20-19-36-18-17-35-16-15-34-14-13-33-12-11-32-4-2/h6-9,30H,3-5,10-26H2,1-2H3. The summed E-state index contributed by atoms with van der Waals surface area (Å²) >= 11 is 0. The van der Waals surface area contributed by atoms with Gasteiger partial charge >= 0.3 is 5.97 Å². The van der Waals surface area contributed by atoms with Crippen molar-refractivity contribution in [3.63, 3.8) is 0 Å². The van der Waals surface area contributed by atoms with Crippen LogP contribution in [-0.2, 0) is 42.6 Å². The van der Waals surface area contributed by atoms with Crippen molar-refractivity contribution in [1.29, 1.82) is 0 Å². The van der Waals surface area contributed by atoms with Crippen molar-refractivity contribution in [2.45, 2.75) is 26.7 Å². The van der Waals surface area contributed by atoms with E-state index < -0.39 is 0 Å². The van der Waals surface area contributed by atoms with Crippen molar-refractivity contribution in [3.05, 3.63) is 29.8 Å². The SMILES string of the molecule is CCCCNc1ccc(C(=O)OCCOCCOCCOCCOCCOCCOCCOCCOCC)cc1. The number of carbonyl (C=O) groups excluding carboxylic acids is 1. The van der Waals surface area contributed by atoms with Crippen molar-refractivity contribution in [2.75, 3.05) is 124 Å². The highest BCUT2D eigenvalue weighted by molar-refractivity contribution is 5.89. The molecule has 1 aromatic rings. The Morgan fingerprint density at radius 2 is 0.925 bits per heavy atom. The Hall–Kier alpha value is -1.83. The van der Waals surface area contributed by atoms with Gasteiger partial charge in [0.2, 0.25) is 0 Å². The number of carbonyl (C=O) groups is 1. The molecule has 0 spiro atoms. The summed E-state index contributed by atoms with van der Waals surface area (Å²) in [5.74, 6) is -0.356. The maximum Gasteiger partial charge on any atom is 0.338 e. The molecule has 11 nitrogen and oxygen atoms in total. The Morgan fingerprint density at radius 3 is 1.30 bits per heavy atom. The Labute approximate surface area is 240 Å². The fourth-order valence-electron chi connectivity index (χ4n) is 3.09. The average molecular weight is 574 g/mol. The topological polar surface area (TPSA) is 112 Å². The van der Waals surface area contributed by atoms with Crippen LogP contribution in [0.3, 0.4) is 0 Å². The number of unbranched alkanes of at least 4 members (excludes halogenated alkanes) is 1. The molecule has 0 aliphatic carbocycles. The van der Waals surface area contributed by atoms with Gasteiger partial charge in [-0.25, -0.2) is 4.79 Å². The van der Waals surface area contributed by atoms with Crippen molar-refractivity contribution in [2.24, 2.45) is 0 Å². The molecule has 232 valence electrons. The first-order valence-corrected chi connectivity index (χ1v) is 14.4. The number of hydrogen-bond acceptors (Lipinski definition) is 11. The molecule has 11 heteroatoms. The Kier molecular flexibility index (Phi) is 26.0. The molecule has 0 atom stereocenters. The zero-order chi connectivity index (χ0) is 28.8. The Bertz CT molecular complexity index is 677. The van der Waals surface area contributed by atoms with Gasteiger partial charge in [-0.2, -0.15) is 0 Å². The molecule has 0 amide bonds. The van der Waals surface area contributed by atoms with Gasteiger partial charge in [-0.1, -0.05) is 13.3 Å². The van der Waals surface area contributed by atoms with E-state index in [1.807, 2.05) is 19.1 Å². The second kappa shape index (κ2) is 28.7. The lowest BCUT2D eigenvalue weighted by Crippen LogP contribution is -2.15. The molecule has 0 aliphatic heterocycles. The Balaban J connectivity index is 1.76. The maximum absolute atomic E-state index is 12.1. The number of benzene rings is 1. The predicted octanol–water partition coefficient (Wildman–Crippen LogP) is 3.21. The van der Waals surface area contributed by atoms with Gasteiger partial charge in [0.1, 0.15) is 6.61 Å². The second-order valence-corrected chi connectivity index (χ2v) is 8.48. The van der Waals surface area contributed by atoms with Gasteiger partial charge in [-0.15, -0.1) is 0 Å². The molecule has 1 aromatic carbocycles. The van der Waals surface area contributed by atoms with Crippen LogP contribution < -0.4 is 5.32 Å². The first kappa shape index (κ1) is 36.2. The maximum atomic E-state index is 12.1. The monoisotopic (exact) mass is 573 g/mol. The minimum absolute atomic E-state index is 0.197. The molecule has 0 aliphatic rings. The molecule has 0 heterocycles. The van der Waals surface area contributed by atoms with E-state index in [1.54, 1.807) is 12.1 Å². The molecule has 0 aromatic heterocycles. The van der Waals surface area contributed by atoms with Crippen LogP contribution in [-0.4, -0.2) is 125 Å². The van der Waals surface area contributed by atoms with E-state index in [0.717, 1.165) is 25.1 Å². The third-order valence-electron chi connectivity index (χ3n) is 5.25. The summed E-state index contributed by atoms with van der Waals surface area (Å²) in [6.07, 6.45) is 2.25. The lowest BCUT2D eigenvalue weighted by Gasteiger charge is -2.09. The number of hydrogen-bond donors (Lipinski definition) is 1. The average Bonchev–Trinajstić information content (AvgIpc) is 2.97. The van der Waals surface area contributed by atoms with E-state index in [2.05, 4.69) is 12.2 Å². The fourth-order valence-corrected chi connectivity index (χ4v) is 3.09. The third-order valence-corrected chi connectivity index (χ3v) is 5.25. The largest absolute Gasteiger partial charge is 0.460 e. The summed E-state index contributed by atoms with van der Waals surface area (Å²) in [6, 6.07) is 7.30. The van der Waals surface area contributed by atoms with E-state index >= 15 is 0 Å². The van der Waals surface area contributed by atoms with E-state index in [0.29, 0.717) is 111 Å². The third kappa shape index (κ3) is 22.9. The molecule has 40 heavy (non-hydrogen) atoms. The van der Waals surface area contributed by atoms with Gasteiger partial charge in [0, 0.05) is 18.8 Å². The van der Waals surface area contributed by atoms with Gasteiger partial charge in [-0.3, -0.25) is 0 Å². The van der Waals surface area contributed by atoms with E-state index in [-0.39, 0.29) is 12.6 Å². The highest BCUT2D eigenvalue weighted by Crippen LogP contribution is 2.10. The predicted molar refractivity (Wildman–Crippen MR) is 152 cm³/mol. The van der Waals surface area contributed by atoms with E-state index in [1.165, 1.54) is 0 Å². The van der Waals surface area contributed by atoms with Gasteiger partial charge in [-0.05, 0) is 37.6 Å². The van der Waals surface area contributed by atoms with Crippen LogP contribution in [0.1, 0.15) is 37.0 Å². The highest BCUT2D eigenvalue weighted by atomic mass is 16.6. The lowest BCUT2D eigenvalue weighted by molar-refractivity contribution is -0.0241. The summed E-state index contributed by atoms with van der Waals surface area (Å²) in [6.45, 7) is 13.5. The quantitative estimate of drug-likeness (QED) is 0.108. The van der Waals surface area contributed by atoms with Gasteiger partial charge in [0.05, 0.1) is 105 Å². The first-order chi connectivity index (χ1) is 19.8. The molecule has 0 unspecified atom stereocenters. The van der Waals surface area contributed by atoms with Crippen molar-refractivity contribution in [1.82, 2.24) is 0 Å². The van der Waals surface area contributed by atoms with Crippen LogP contribution in [0.15, 0.2) is 24.3 Å². The lowest BCUT2D eigenvalue weighted by atomic mass is 10.2. The van der Waals surface area contributed by atoms with E-state index in [4.69, 9.17) is 42.6 Å². The molecule has 1 rings (SSSR count). The smallest absolute Gasteiger partial charge is 0.338 e. The van der Waals surface area contributed by atoms with Crippen LogP contribution in [0.4, 0.5) is 5.69 Å². The van der Waals surface area contributed by atoms with Gasteiger partial charge < -0.3 is 47.9 Å². The number of nitrogens with one attached hydrogen (secondary N) is 1. The summed E-state index contributed by atoms with van der Waals surface area (Å²) in [5, 5.41) is 3.32. The molecule has 1 N–H and O–H groups in total. The molecule has 0 bridgehead atoms. The number of ether oxygens (including phenoxy) is 9. The minimum atomic E-state index is -0.356. The zero-order valence-electron chi connectivity index (χ0n) is 24.5. The molecule has 0 radical (unpaired) electrons. The summed E-state index contributed by atoms with van der Waals surface area (Å²) < 4.78 is 48.4. The van der Waals surface area contributed by atoms with Gasteiger partial charge in [0.15, 0.2) is 0 Å². The van der Waals surface area contributed by atoms with Crippen LogP contribution in [0, 0.1) is 0 Å². The highest BCUT2D eigenvalue weighted by Gasteiger charge is 2.06. The fraction of sp³-hybridized carbons (Fsp3) is 0.759. The van der Waals surface area contributed by atoms with E-state index in [9.17, 15) is 4.79 Å². The molecular formula is C29H51NO10. The summed E-state index contributed by atoms with van der Waals surface area (Å²) in [4.78, 5) is 12.1. The van der Waals surface area contributed by atoms with Crippen LogP contribution in [0.2, 0.25) is 0 Å². The first-order valence-electron chi connectivity index (χ1n) is 14.4. The number of esters is 1. The van der Waals surface area contributed by atoms with Crippen LogP contribution in [0.5, 0.6) is 0 Å². The zero-order valence-corrected chi connectivity index (χ0v) is 24.5. The summed E-state index contributed by atoms with van der Waals surface area (Å²) in [7, 11) is 0. The summed E-state index contributed by atoms with van der Waals surface area (Å²) in [5.41, 5.74) is 1.52. The molecular weight excluding hydrogens is 522 g/mol. The van der Waals surface area contributed by atoms with Crippen LogP contribution in [0.25, 0.3) is 0 Å². The van der Waals surface area contributed by atoms with Crippen molar-refractivity contribution in [3.8, 4) is 0 Å². The van der Waals surface area contributed by atoms with Crippen molar-refractivity contribution >= 4 is 11.7 Å². The Morgan fingerprint density at radius 1 is 0.550 bits per heavy atom.